The Kier molecular flexibility index (Phi) is 5.57. The Morgan fingerprint density at radius 1 is 1.17 bits per heavy atom. The summed E-state index contributed by atoms with van der Waals surface area (Å²) in [6, 6.07) is 10.6. The molecule has 1 aromatic carbocycles. The lowest BCUT2D eigenvalue weighted by molar-refractivity contribution is -0.135. The molecule has 1 amide bonds. The lowest BCUT2D eigenvalue weighted by atomic mass is 9.75. The summed E-state index contributed by atoms with van der Waals surface area (Å²) in [6.07, 6.45) is 4.27. The molecular formula is C20H30N2O2. The molecule has 2 heterocycles. The monoisotopic (exact) mass is 330 g/mol. The summed E-state index contributed by atoms with van der Waals surface area (Å²) >= 11 is 0. The molecule has 1 aromatic rings. The van der Waals surface area contributed by atoms with Crippen molar-refractivity contribution in [2.45, 2.75) is 50.5 Å². The number of nitrogens with zero attached hydrogens (tertiary/aromatic N) is 2. The summed E-state index contributed by atoms with van der Waals surface area (Å²) < 4.78 is 0. The van der Waals surface area contributed by atoms with Gasteiger partial charge in [0.25, 0.3) is 0 Å². The maximum Gasteiger partial charge on any atom is 0.222 e. The zero-order chi connectivity index (χ0) is 17.0. The fourth-order valence-electron chi connectivity index (χ4n) is 4.04. The fourth-order valence-corrected chi connectivity index (χ4v) is 4.04. The van der Waals surface area contributed by atoms with Crippen LogP contribution in [0, 0.1) is 0 Å². The van der Waals surface area contributed by atoms with Gasteiger partial charge < -0.3 is 14.9 Å². The van der Waals surface area contributed by atoms with Crippen molar-refractivity contribution < 1.29 is 9.90 Å². The smallest absolute Gasteiger partial charge is 0.222 e. The number of likely N-dealkylation sites (tertiary alicyclic amines) is 2. The average Bonchev–Trinajstić information content (AvgIpc) is 2.61. The molecule has 0 aliphatic carbocycles. The maximum atomic E-state index is 12.3. The number of hydrogen-bond donors (Lipinski definition) is 1. The van der Waals surface area contributed by atoms with Gasteiger partial charge in [-0.25, -0.2) is 0 Å². The summed E-state index contributed by atoms with van der Waals surface area (Å²) in [5.74, 6) is 0.303. The second kappa shape index (κ2) is 7.66. The first-order valence-electron chi connectivity index (χ1n) is 9.30. The van der Waals surface area contributed by atoms with Gasteiger partial charge in [0, 0.05) is 38.0 Å². The van der Waals surface area contributed by atoms with E-state index in [0.717, 1.165) is 58.4 Å². The third-order valence-electron chi connectivity index (χ3n) is 5.71. The Morgan fingerprint density at radius 3 is 2.58 bits per heavy atom. The van der Waals surface area contributed by atoms with E-state index in [2.05, 4.69) is 41.0 Å². The van der Waals surface area contributed by atoms with Gasteiger partial charge in [0.1, 0.15) is 0 Å². The SMILES string of the molecule is C[C@]1(c2ccccc2)CCC(=O)N(CCCN2CCC(O)CC2)C1. The number of benzene rings is 1. The first-order valence-corrected chi connectivity index (χ1v) is 9.30. The predicted octanol–water partition coefficient (Wildman–Crippen LogP) is 2.41. The summed E-state index contributed by atoms with van der Waals surface area (Å²) in [7, 11) is 0. The van der Waals surface area contributed by atoms with E-state index in [9.17, 15) is 9.90 Å². The summed E-state index contributed by atoms with van der Waals surface area (Å²) in [6.45, 7) is 6.95. The maximum absolute atomic E-state index is 12.3. The standard InChI is InChI=1S/C20H30N2O2/c1-20(17-6-3-2-4-7-17)11-8-19(24)22(16-20)13-5-12-21-14-9-18(23)10-15-21/h2-4,6-7,18,23H,5,8-16H2,1H3/t20-/m0/s1. The van der Waals surface area contributed by atoms with Crippen molar-refractivity contribution in [1.82, 2.24) is 9.80 Å². The molecule has 0 saturated carbocycles. The Hall–Kier alpha value is -1.39. The van der Waals surface area contributed by atoms with Crippen LogP contribution < -0.4 is 0 Å². The van der Waals surface area contributed by atoms with E-state index in [1.165, 1.54) is 5.56 Å². The third kappa shape index (κ3) is 4.17. The first kappa shape index (κ1) is 17.4. The molecule has 0 aromatic heterocycles. The molecule has 0 spiro atoms. The number of aliphatic hydroxyl groups excluding tert-OH is 1. The Balaban J connectivity index is 1.52. The van der Waals surface area contributed by atoms with Crippen LogP contribution in [0.5, 0.6) is 0 Å². The quantitative estimate of drug-likeness (QED) is 0.902. The van der Waals surface area contributed by atoms with Gasteiger partial charge in [-0.3, -0.25) is 4.79 Å². The van der Waals surface area contributed by atoms with E-state index < -0.39 is 0 Å². The normalized spacial score (nSPS) is 26.8. The van der Waals surface area contributed by atoms with Crippen molar-refractivity contribution >= 4 is 5.91 Å². The minimum Gasteiger partial charge on any atom is -0.393 e. The Bertz CT molecular complexity index is 540. The second-order valence-electron chi connectivity index (χ2n) is 7.67. The van der Waals surface area contributed by atoms with Gasteiger partial charge in [-0.2, -0.15) is 0 Å². The summed E-state index contributed by atoms with van der Waals surface area (Å²) in [5, 5.41) is 9.58. The molecule has 4 heteroatoms. The number of carbonyl (C=O) groups excluding carboxylic acids is 1. The van der Waals surface area contributed by atoms with Gasteiger partial charge in [-0.05, 0) is 37.8 Å². The molecule has 1 N–H and O–H groups in total. The van der Waals surface area contributed by atoms with E-state index in [-0.39, 0.29) is 11.5 Å². The largest absolute Gasteiger partial charge is 0.393 e. The van der Waals surface area contributed by atoms with Crippen LogP contribution >= 0.6 is 0 Å². The molecule has 4 nitrogen and oxygen atoms in total. The molecule has 2 saturated heterocycles. The van der Waals surface area contributed by atoms with Gasteiger partial charge >= 0.3 is 0 Å². The molecule has 24 heavy (non-hydrogen) atoms. The van der Waals surface area contributed by atoms with Crippen molar-refractivity contribution in [3.8, 4) is 0 Å². The van der Waals surface area contributed by atoms with E-state index in [0.29, 0.717) is 12.3 Å². The molecule has 2 fully saturated rings. The van der Waals surface area contributed by atoms with Gasteiger partial charge in [-0.15, -0.1) is 0 Å². The molecule has 0 bridgehead atoms. The van der Waals surface area contributed by atoms with Crippen molar-refractivity contribution in [3.63, 3.8) is 0 Å². The van der Waals surface area contributed by atoms with Crippen LogP contribution in [0.4, 0.5) is 0 Å². The van der Waals surface area contributed by atoms with Crippen LogP contribution in [0.15, 0.2) is 30.3 Å². The zero-order valence-corrected chi connectivity index (χ0v) is 14.8. The number of hydrogen-bond acceptors (Lipinski definition) is 3. The minimum atomic E-state index is -0.114. The number of amides is 1. The molecule has 132 valence electrons. The van der Waals surface area contributed by atoms with E-state index >= 15 is 0 Å². The summed E-state index contributed by atoms with van der Waals surface area (Å²) in [4.78, 5) is 16.8. The zero-order valence-electron chi connectivity index (χ0n) is 14.8. The average molecular weight is 330 g/mol. The van der Waals surface area contributed by atoms with Crippen LogP contribution in [0.2, 0.25) is 0 Å². The lowest BCUT2D eigenvalue weighted by Gasteiger charge is -2.41. The highest BCUT2D eigenvalue weighted by molar-refractivity contribution is 5.77. The highest BCUT2D eigenvalue weighted by Crippen LogP contribution is 2.34. The lowest BCUT2D eigenvalue weighted by Crippen LogP contribution is -2.48. The van der Waals surface area contributed by atoms with Crippen LogP contribution in [0.1, 0.15) is 44.6 Å². The van der Waals surface area contributed by atoms with Crippen molar-refractivity contribution in [2.24, 2.45) is 0 Å². The fraction of sp³-hybridized carbons (Fsp3) is 0.650. The van der Waals surface area contributed by atoms with E-state index in [4.69, 9.17) is 0 Å². The molecule has 0 radical (unpaired) electrons. The molecule has 2 aliphatic heterocycles. The van der Waals surface area contributed by atoms with Crippen molar-refractivity contribution in [2.75, 3.05) is 32.7 Å². The number of carbonyl (C=O) groups is 1. The van der Waals surface area contributed by atoms with Crippen LogP contribution in [0.25, 0.3) is 0 Å². The molecule has 2 aliphatic rings. The molecule has 1 atom stereocenters. The highest BCUT2D eigenvalue weighted by Gasteiger charge is 2.35. The highest BCUT2D eigenvalue weighted by atomic mass is 16.3. The second-order valence-corrected chi connectivity index (χ2v) is 7.67. The van der Waals surface area contributed by atoms with Crippen LogP contribution in [-0.2, 0) is 10.2 Å². The summed E-state index contributed by atoms with van der Waals surface area (Å²) in [5.41, 5.74) is 1.41. The number of piperidine rings is 2. The predicted molar refractivity (Wildman–Crippen MR) is 95.9 cm³/mol. The topological polar surface area (TPSA) is 43.8 Å². The van der Waals surface area contributed by atoms with E-state index in [1.54, 1.807) is 0 Å². The van der Waals surface area contributed by atoms with Gasteiger partial charge in [0.05, 0.1) is 6.10 Å². The molecule has 3 rings (SSSR count). The van der Waals surface area contributed by atoms with Gasteiger partial charge in [0.2, 0.25) is 5.91 Å². The van der Waals surface area contributed by atoms with E-state index in [1.807, 2.05) is 6.07 Å². The number of rotatable bonds is 5. The van der Waals surface area contributed by atoms with Gasteiger partial charge in [-0.1, -0.05) is 37.3 Å². The first-order chi connectivity index (χ1) is 11.6. The Labute approximate surface area is 145 Å². The number of aliphatic hydroxyl groups is 1. The third-order valence-corrected chi connectivity index (χ3v) is 5.71. The van der Waals surface area contributed by atoms with Crippen LogP contribution in [0.3, 0.4) is 0 Å². The molecular weight excluding hydrogens is 300 g/mol. The van der Waals surface area contributed by atoms with Crippen molar-refractivity contribution in [1.29, 1.82) is 0 Å². The molecule has 0 unspecified atom stereocenters. The van der Waals surface area contributed by atoms with Gasteiger partial charge in [0.15, 0.2) is 0 Å². The van der Waals surface area contributed by atoms with Crippen LogP contribution in [-0.4, -0.2) is 59.6 Å². The van der Waals surface area contributed by atoms with Crippen molar-refractivity contribution in [3.05, 3.63) is 35.9 Å². The minimum absolute atomic E-state index is 0.0738. The Morgan fingerprint density at radius 2 is 1.88 bits per heavy atom.